The summed E-state index contributed by atoms with van der Waals surface area (Å²) in [6, 6.07) is 9.51. The second kappa shape index (κ2) is 8.07. The number of ketones is 1. The van der Waals surface area contributed by atoms with Gasteiger partial charge in [0, 0.05) is 16.8 Å². The van der Waals surface area contributed by atoms with Crippen LogP contribution in [0.15, 0.2) is 30.3 Å². The van der Waals surface area contributed by atoms with Crippen molar-refractivity contribution in [3.8, 4) is 0 Å². The Balaban J connectivity index is 1.51. The molecule has 0 atom stereocenters. The lowest BCUT2D eigenvalue weighted by Crippen LogP contribution is -2.30. The molecule has 0 bridgehead atoms. The average Bonchev–Trinajstić information content (AvgIpc) is 3.13. The topological polar surface area (TPSA) is 64.0 Å². The molecule has 142 valence electrons. The summed E-state index contributed by atoms with van der Waals surface area (Å²) in [7, 11) is 0. The Morgan fingerprint density at radius 1 is 1.00 bits per heavy atom. The van der Waals surface area contributed by atoms with Crippen molar-refractivity contribution in [1.82, 2.24) is 15.1 Å². The summed E-state index contributed by atoms with van der Waals surface area (Å²) < 4.78 is 2.15. The van der Waals surface area contributed by atoms with E-state index in [1.54, 1.807) is 12.1 Å². The van der Waals surface area contributed by atoms with Crippen LogP contribution in [0.4, 0.5) is 0 Å². The van der Waals surface area contributed by atoms with Gasteiger partial charge in [-0.25, -0.2) is 0 Å². The predicted molar refractivity (Wildman–Crippen MR) is 104 cm³/mol. The summed E-state index contributed by atoms with van der Waals surface area (Å²) in [5.74, 6) is -0.295. The lowest BCUT2D eigenvalue weighted by molar-refractivity contribution is 0.0899. The molecule has 27 heavy (non-hydrogen) atoms. The van der Waals surface area contributed by atoms with Gasteiger partial charge in [0.25, 0.3) is 5.91 Å². The molecule has 1 aromatic heterocycles. The number of carbonyl (C=O) groups is 2. The number of hydrogen-bond donors (Lipinski definition) is 1. The second-order valence-electron chi connectivity index (χ2n) is 7.69. The monoisotopic (exact) mass is 365 g/mol. The molecule has 5 heteroatoms. The van der Waals surface area contributed by atoms with Crippen LogP contribution < -0.4 is 5.32 Å². The van der Waals surface area contributed by atoms with Crippen molar-refractivity contribution >= 4 is 11.7 Å². The molecule has 0 radical (unpaired) electrons. The van der Waals surface area contributed by atoms with Gasteiger partial charge < -0.3 is 5.32 Å². The second-order valence-corrected chi connectivity index (χ2v) is 7.69. The van der Waals surface area contributed by atoms with Gasteiger partial charge in [-0.1, -0.05) is 49.6 Å². The fourth-order valence-corrected chi connectivity index (χ4v) is 4.41. The highest BCUT2D eigenvalue weighted by molar-refractivity contribution is 6.02. The van der Waals surface area contributed by atoms with E-state index in [1.165, 1.54) is 31.4 Å². The van der Waals surface area contributed by atoms with E-state index in [9.17, 15) is 9.59 Å². The summed E-state index contributed by atoms with van der Waals surface area (Å²) in [6.45, 7) is 0.00785. The smallest absolute Gasteiger partial charge is 0.272 e. The number of rotatable bonds is 5. The zero-order valence-electron chi connectivity index (χ0n) is 15.7. The maximum absolute atomic E-state index is 12.8. The average molecular weight is 365 g/mol. The zero-order valence-corrected chi connectivity index (χ0v) is 15.7. The van der Waals surface area contributed by atoms with Crippen molar-refractivity contribution in [2.75, 3.05) is 6.54 Å². The lowest BCUT2D eigenvalue weighted by atomic mass is 9.92. The van der Waals surface area contributed by atoms with Crippen LogP contribution in [0.25, 0.3) is 0 Å². The summed E-state index contributed by atoms with van der Waals surface area (Å²) in [6.07, 6.45) is 10.3. The van der Waals surface area contributed by atoms with Crippen LogP contribution in [0, 0.1) is 0 Å². The van der Waals surface area contributed by atoms with Gasteiger partial charge in [0.1, 0.15) is 0 Å². The van der Waals surface area contributed by atoms with E-state index in [1.807, 2.05) is 18.2 Å². The largest absolute Gasteiger partial charge is 0.343 e. The van der Waals surface area contributed by atoms with Gasteiger partial charge in [0.05, 0.1) is 12.6 Å². The van der Waals surface area contributed by atoms with E-state index in [0.717, 1.165) is 37.7 Å². The molecule has 0 saturated heterocycles. The molecule has 0 spiro atoms. The minimum Gasteiger partial charge on any atom is -0.343 e. The van der Waals surface area contributed by atoms with Gasteiger partial charge in [0.2, 0.25) is 0 Å². The Labute approximate surface area is 160 Å². The molecule has 2 aliphatic carbocycles. The van der Waals surface area contributed by atoms with Gasteiger partial charge in [0.15, 0.2) is 11.5 Å². The SMILES string of the molecule is O=C(CNC(=O)c1nn(C2CCCCC2)c2c1CCCC2)c1ccccc1. The highest BCUT2D eigenvalue weighted by atomic mass is 16.2. The first-order chi connectivity index (χ1) is 13.2. The maximum Gasteiger partial charge on any atom is 0.272 e. The van der Waals surface area contributed by atoms with Crippen molar-refractivity contribution in [2.24, 2.45) is 0 Å². The quantitative estimate of drug-likeness (QED) is 0.818. The Kier molecular flexibility index (Phi) is 5.37. The normalized spacial score (nSPS) is 17.3. The Bertz CT molecular complexity index is 820. The fraction of sp³-hybridized carbons (Fsp3) is 0.500. The van der Waals surface area contributed by atoms with Gasteiger partial charge in [-0.2, -0.15) is 5.10 Å². The highest BCUT2D eigenvalue weighted by Crippen LogP contribution is 2.33. The minimum atomic E-state index is -0.216. The summed E-state index contributed by atoms with van der Waals surface area (Å²) in [5.41, 5.74) is 3.52. The third-order valence-corrected chi connectivity index (χ3v) is 5.85. The molecular weight excluding hydrogens is 338 g/mol. The Morgan fingerprint density at radius 3 is 2.52 bits per heavy atom. The van der Waals surface area contributed by atoms with Crippen molar-refractivity contribution in [1.29, 1.82) is 0 Å². The van der Waals surface area contributed by atoms with E-state index in [0.29, 0.717) is 17.3 Å². The number of hydrogen-bond acceptors (Lipinski definition) is 3. The number of nitrogens with one attached hydrogen (secondary N) is 1. The van der Waals surface area contributed by atoms with Gasteiger partial charge in [-0.3, -0.25) is 14.3 Å². The van der Waals surface area contributed by atoms with E-state index in [4.69, 9.17) is 5.10 Å². The minimum absolute atomic E-state index is 0.00785. The molecule has 2 aromatic rings. The first-order valence-electron chi connectivity index (χ1n) is 10.2. The van der Waals surface area contributed by atoms with Gasteiger partial charge in [-0.05, 0) is 38.5 Å². The molecule has 1 N–H and O–H groups in total. The van der Waals surface area contributed by atoms with Crippen molar-refractivity contribution in [3.63, 3.8) is 0 Å². The molecule has 0 aliphatic heterocycles. The van der Waals surface area contributed by atoms with Gasteiger partial charge >= 0.3 is 0 Å². The third kappa shape index (κ3) is 3.82. The number of fused-ring (bicyclic) bond motifs is 1. The van der Waals surface area contributed by atoms with Crippen molar-refractivity contribution in [2.45, 2.75) is 63.8 Å². The number of Topliss-reactive ketones (excluding diaryl/α,β-unsaturated/α-hetero) is 1. The van der Waals surface area contributed by atoms with Crippen LogP contribution in [-0.4, -0.2) is 28.0 Å². The number of nitrogens with zero attached hydrogens (tertiary/aromatic N) is 2. The fourth-order valence-electron chi connectivity index (χ4n) is 4.41. The van der Waals surface area contributed by atoms with Gasteiger partial charge in [-0.15, -0.1) is 0 Å². The van der Waals surface area contributed by atoms with E-state index >= 15 is 0 Å². The number of aromatic nitrogens is 2. The first-order valence-corrected chi connectivity index (χ1v) is 10.2. The first kappa shape index (κ1) is 18.0. The summed E-state index contributed by atoms with van der Waals surface area (Å²) in [5, 5.41) is 7.56. The van der Waals surface area contributed by atoms with E-state index < -0.39 is 0 Å². The molecule has 1 amide bonds. The van der Waals surface area contributed by atoms with Crippen LogP contribution >= 0.6 is 0 Å². The third-order valence-electron chi connectivity index (χ3n) is 5.85. The lowest BCUT2D eigenvalue weighted by Gasteiger charge is -2.25. The Morgan fingerprint density at radius 2 is 1.74 bits per heavy atom. The number of amides is 1. The molecule has 1 heterocycles. The van der Waals surface area contributed by atoms with Crippen LogP contribution in [0.1, 0.15) is 83.1 Å². The van der Waals surface area contributed by atoms with E-state index in [-0.39, 0.29) is 18.2 Å². The van der Waals surface area contributed by atoms with E-state index in [2.05, 4.69) is 10.00 Å². The van der Waals surface area contributed by atoms with Crippen molar-refractivity contribution < 1.29 is 9.59 Å². The zero-order chi connectivity index (χ0) is 18.6. The molecule has 1 aromatic carbocycles. The summed E-state index contributed by atoms with van der Waals surface area (Å²) in [4.78, 5) is 25.1. The van der Waals surface area contributed by atoms with Crippen LogP contribution in [0.5, 0.6) is 0 Å². The number of benzene rings is 1. The standard InChI is InChI=1S/C22H27N3O2/c26-20(16-9-3-1-4-10-16)15-23-22(27)21-18-13-7-8-14-19(18)25(24-21)17-11-5-2-6-12-17/h1,3-4,9-10,17H,2,5-8,11-15H2,(H,23,27). The molecule has 1 fully saturated rings. The van der Waals surface area contributed by atoms with Crippen molar-refractivity contribution in [3.05, 3.63) is 52.8 Å². The maximum atomic E-state index is 12.8. The van der Waals surface area contributed by atoms with Crippen LogP contribution in [0.3, 0.4) is 0 Å². The molecule has 2 aliphatic rings. The molecule has 0 unspecified atom stereocenters. The predicted octanol–water partition coefficient (Wildman–Crippen LogP) is 3.88. The molecule has 1 saturated carbocycles. The van der Waals surface area contributed by atoms with Crippen LogP contribution in [-0.2, 0) is 12.8 Å². The molecule has 5 nitrogen and oxygen atoms in total. The van der Waals surface area contributed by atoms with Crippen LogP contribution in [0.2, 0.25) is 0 Å². The summed E-state index contributed by atoms with van der Waals surface area (Å²) >= 11 is 0. The molecular formula is C22H27N3O2. The number of carbonyl (C=O) groups excluding carboxylic acids is 2. The highest BCUT2D eigenvalue weighted by Gasteiger charge is 2.28. The molecule has 4 rings (SSSR count). The Hall–Kier alpha value is -2.43.